The number of nitrogens with zero attached hydrogens (tertiary/aromatic N) is 1. The number of amides is 1. The molecule has 1 aliphatic heterocycles. The molecule has 1 unspecified atom stereocenters. The Morgan fingerprint density at radius 2 is 2.09 bits per heavy atom. The summed E-state index contributed by atoms with van der Waals surface area (Å²) < 4.78 is 0. The van der Waals surface area contributed by atoms with Crippen LogP contribution in [0.1, 0.15) is 29.2 Å². The number of rotatable bonds is 3. The molecule has 3 nitrogen and oxygen atoms in total. The Labute approximate surface area is 142 Å². The number of anilines is 1. The summed E-state index contributed by atoms with van der Waals surface area (Å²) in [6, 6.07) is 14.1. The van der Waals surface area contributed by atoms with Crippen LogP contribution in [0.5, 0.6) is 0 Å². The summed E-state index contributed by atoms with van der Waals surface area (Å²) in [4.78, 5) is 14.7. The van der Waals surface area contributed by atoms with Crippen molar-refractivity contribution in [2.24, 2.45) is 0 Å². The zero-order valence-corrected chi connectivity index (χ0v) is 14.2. The lowest BCUT2D eigenvalue weighted by atomic mass is 9.91. The van der Waals surface area contributed by atoms with Gasteiger partial charge in [-0.15, -0.1) is 0 Å². The maximum atomic E-state index is 12.5. The van der Waals surface area contributed by atoms with Gasteiger partial charge in [-0.25, -0.2) is 0 Å². The molecule has 4 heteroatoms. The van der Waals surface area contributed by atoms with Crippen LogP contribution in [-0.4, -0.2) is 24.4 Å². The highest BCUT2D eigenvalue weighted by atomic mass is 35.5. The van der Waals surface area contributed by atoms with Crippen LogP contribution in [0, 0.1) is 6.92 Å². The number of hydrogen-bond donors (Lipinski definition) is 1. The van der Waals surface area contributed by atoms with E-state index in [0.717, 1.165) is 24.2 Å². The molecule has 1 amide bonds. The topological polar surface area (TPSA) is 32.3 Å². The number of aryl methyl sites for hydroxylation is 1. The second-order valence-corrected chi connectivity index (χ2v) is 6.57. The van der Waals surface area contributed by atoms with Crippen molar-refractivity contribution < 1.29 is 4.79 Å². The number of hydrogen-bond acceptors (Lipinski definition) is 2. The van der Waals surface area contributed by atoms with Crippen molar-refractivity contribution in [3.8, 4) is 0 Å². The van der Waals surface area contributed by atoms with Gasteiger partial charge in [-0.3, -0.25) is 9.69 Å². The van der Waals surface area contributed by atoms with E-state index in [2.05, 4.69) is 35.5 Å². The molecule has 0 radical (unpaired) electrons. The van der Waals surface area contributed by atoms with E-state index in [1.165, 1.54) is 11.1 Å². The number of benzene rings is 2. The standard InChI is InChI=1S/C19H21ClN2O/c1-13-7-8-15(11-17(13)20)21-19(23)12-18-16-6-4-3-5-14(16)9-10-22(18)2/h3-8,11,18H,9-10,12H2,1-2H3,(H,21,23). The fraction of sp³-hybridized carbons (Fsp3) is 0.316. The summed E-state index contributed by atoms with van der Waals surface area (Å²) >= 11 is 6.12. The minimum absolute atomic E-state index is 0.0125. The van der Waals surface area contributed by atoms with Crippen LogP contribution in [-0.2, 0) is 11.2 Å². The smallest absolute Gasteiger partial charge is 0.226 e. The average Bonchev–Trinajstić information content (AvgIpc) is 2.54. The van der Waals surface area contributed by atoms with E-state index in [-0.39, 0.29) is 11.9 Å². The van der Waals surface area contributed by atoms with E-state index >= 15 is 0 Å². The number of fused-ring (bicyclic) bond motifs is 1. The molecule has 0 bridgehead atoms. The second-order valence-electron chi connectivity index (χ2n) is 6.16. The number of nitrogens with one attached hydrogen (secondary N) is 1. The second kappa shape index (κ2) is 6.73. The average molecular weight is 329 g/mol. The van der Waals surface area contributed by atoms with E-state index in [1.807, 2.05) is 25.1 Å². The van der Waals surface area contributed by atoms with Crippen LogP contribution < -0.4 is 5.32 Å². The van der Waals surface area contributed by atoms with Gasteiger partial charge >= 0.3 is 0 Å². The number of carbonyl (C=O) groups is 1. The van der Waals surface area contributed by atoms with Gasteiger partial charge in [0.2, 0.25) is 5.91 Å². The van der Waals surface area contributed by atoms with Crippen LogP contribution in [0.3, 0.4) is 0 Å². The molecule has 2 aromatic rings. The Morgan fingerprint density at radius 3 is 2.87 bits per heavy atom. The molecule has 1 heterocycles. The van der Waals surface area contributed by atoms with Crippen molar-refractivity contribution in [2.45, 2.75) is 25.8 Å². The highest BCUT2D eigenvalue weighted by molar-refractivity contribution is 6.31. The molecule has 2 aromatic carbocycles. The van der Waals surface area contributed by atoms with E-state index in [9.17, 15) is 4.79 Å². The zero-order chi connectivity index (χ0) is 16.4. The fourth-order valence-electron chi connectivity index (χ4n) is 3.10. The molecular weight excluding hydrogens is 308 g/mol. The predicted octanol–water partition coefficient (Wildman–Crippen LogP) is 4.21. The lowest BCUT2D eigenvalue weighted by Gasteiger charge is -2.34. The SMILES string of the molecule is Cc1ccc(NC(=O)CC2c3ccccc3CCN2C)cc1Cl. The maximum Gasteiger partial charge on any atom is 0.226 e. The monoisotopic (exact) mass is 328 g/mol. The van der Waals surface area contributed by atoms with Gasteiger partial charge in [-0.1, -0.05) is 41.9 Å². The summed E-state index contributed by atoms with van der Waals surface area (Å²) in [5.41, 5.74) is 4.36. The first-order valence-corrected chi connectivity index (χ1v) is 8.26. The van der Waals surface area contributed by atoms with Crippen molar-refractivity contribution in [3.05, 3.63) is 64.2 Å². The molecule has 1 N–H and O–H groups in total. The van der Waals surface area contributed by atoms with Crippen molar-refractivity contribution in [3.63, 3.8) is 0 Å². The highest BCUT2D eigenvalue weighted by Gasteiger charge is 2.26. The van der Waals surface area contributed by atoms with Crippen molar-refractivity contribution in [1.82, 2.24) is 4.90 Å². The molecule has 0 aromatic heterocycles. The van der Waals surface area contributed by atoms with Crippen molar-refractivity contribution in [1.29, 1.82) is 0 Å². The third-order valence-corrected chi connectivity index (χ3v) is 4.92. The Bertz CT molecular complexity index is 729. The Kier molecular flexibility index (Phi) is 4.69. The van der Waals surface area contributed by atoms with E-state index in [4.69, 9.17) is 11.6 Å². The Balaban J connectivity index is 1.73. The van der Waals surface area contributed by atoms with Gasteiger partial charge in [0.05, 0.1) is 0 Å². The highest BCUT2D eigenvalue weighted by Crippen LogP contribution is 2.31. The molecule has 3 rings (SSSR count). The van der Waals surface area contributed by atoms with Gasteiger partial charge < -0.3 is 5.32 Å². The number of likely N-dealkylation sites (N-methyl/N-ethyl adjacent to an activating group) is 1. The summed E-state index contributed by atoms with van der Waals surface area (Å²) in [6.45, 7) is 2.92. The quantitative estimate of drug-likeness (QED) is 0.915. The van der Waals surface area contributed by atoms with Gasteiger partial charge in [0.25, 0.3) is 0 Å². The third kappa shape index (κ3) is 3.57. The molecule has 0 spiro atoms. The molecule has 120 valence electrons. The van der Waals surface area contributed by atoms with Crippen molar-refractivity contribution >= 4 is 23.2 Å². The molecule has 0 saturated carbocycles. The summed E-state index contributed by atoms with van der Waals surface area (Å²) in [6.07, 6.45) is 1.48. The largest absolute Gasteiger partial charge is 0.326 e. The first kappa shape index (κ1) is 16.0. The fourth-order valence-corrected chi connectivity index (χ4v) is 3.28. The molecule has 0 fully saturated rings. The van der Waals surface area contributed by atoms with Gasteiger partial charge in [0.1, 0.15) is 0 Å². The van der Waals surface area contributed by atoms with Crippen LogP contribution in [0.15, 0.2) is 42.5 Å². The first-order valence-electron chi connectivity index (χ1n) is 7.88. The summed E-state index contributed by atoms with van der Waals surface area (Å²) in [5, 5.41) is 3.63. The molecule has 1 aliphatic rings. The molecule has 1 atom stereocenters. The van der Waals surface area contributed by atoms with E-state index in [0.29, 0.717) is 11.4 Å². The molecular formula is C19H21ClN2O. The first-order chi connectivity index (χ1) is 11.0. The van der Waals surface area contributed by atoms with Gasteiger partial charge in [-0.2, -0.15) is 0 Å². The predicted molar refractivity (Wildman–Crippen MR) is 95.0 cm³/mol. The number of halogens is 1. The van der Waals surface area contributed by atoms with Gasteiger partial charge in [-0.05, 0) is 49.2 Å². The van der Waals surface area contributed by atoms with Crippen LogP contribution in [0.2, 0.25) is 5.02 Å². The Morgan fingerprint density at radius 1 is 1.30 bits per heavy atom. The third-order valence-electron chi connectivity index (χ3n) is 4.51. The molecule has 0 aliphatic carbocycles. The van der Waals surface area contributed by atoms with Crippen LogP contribution in [0.25, 0.3) is 0 Å². The Hall–Kier alpha value is -1.84. The summed E-state index contributed by atoms with van der Waals surface area (Å²) in [7, 11) is 2.08. The number of carbonyl (C=O) groups excluding carboxylic acids is 1. The zero-order valence-electron chi connectivity index (χ0n) is 13.5. The normalized spacial score (nSPS) is 17.6. The van der Waals surface area contributed by atoms with Crippen LogP contribution >= 0.6 is 11.6 Å². The van der Waals surface area contributed by atoms with Gasteiger partial charge in [0, 0.05) is 29.7 Å². The minimum Gasteiger partial charge on any atom is -0.326 e. The van der Waals surface area contributed by atoms with E-state index < -0.39 is 0 Å². The van der Waals surface area contributed by atoms with Gasteiger partial charge in [0.15, 0.2) is 0 Å². The van der Waals surface area contributed by atoms with E-state index in [1.54, 1.807) is 6.07 Å². The maximum absolute atomic E-state index is 12.5. The minimum atomic E-state index is 0.0125. The van der Waals surface area contributed by atoms with Crippen LogP contribution in [0.4, 0.5) is 5.69 Å². The lowest BCUT2D eigenvalue weighted by Crippen LogP contribution is -2.34. The lowest BCUT2D eigenvalue weighted by molar-refractivity contribution is -0.117. The summed E-state index contributed by atoms with van der Waals surface area (Å²) in [5.74, 6) is 0.0125. The molecule has 23 heavy (non-hydrogen) atoms. The van der Waals surface area contributed by atoms with Crippen molar-refractivity contribution in [2.75, 3.05) is 18.9 Å². The molecule has 0 saturated heterocycles.